The molecule has 0 aliphatic carbocycles. The van der Waals surface area contributed by atoms with E-state index in [-0.39, 0.29) is 11.7 Å². The quantitative estimate of drug-likeness (QED) is 0.862. The van der Waals surface area contributed by atoms with E-state index in [2.05, 4.69) is 0 Å². The predicted molar refractivity (Wildman–Crippen MR) is 63.7 cm³/mol. The van der Waals surface area contributed by atoms with E-state index in [9.17, 15) is 14.3 Å². The van der Waals surface area contributed by atoms with Crippen LogP contribution in [0.3, 0.4) is 0 Å². The third-order valence-electron chi connectivity index (χ3n) is 3.29. The van der Waals surface area contributed by atoms with Crippen LogP contribution in [0.15, 0.2) is 18.2 Å². The molecule has 1 heterocycles. The number of halogens is 1. The molecule has 1 saturated heterocycles. The molecule has 1 aromatic carbocycles. The molecule has 4 nitrogen and oxygen atoms in total. The maximum absolute atomic E-state index is 13.1. The molecule has 1 aliphatic heterocycles. The van der Waals surface area contributed by atoms with Crippen molar-refractivity contribution >= 4 is 5.97 Å². The van der Waals surface area contributed by atoms with Crippen LogP contribution >= 0.6 is 0 Å². The summed E-state index contributed by atoms with van der Waals surface area (Å²) in [5, 5.41) is 18.6. The molecule has 1 aromatic rings. The zero-order chi connectivity index (χ0) is 13.1. The number of carboxylic acid groups (broad SMARTS) is 1. The highest BCUT2D eigenvalue weighted by molar-refractivity contribution is 5.70. The van der Waals surface area contributed by atoms with Crippen LogP contribution in [0.5, 0.6) is 5.75 Å². The third kappa shape index (κ3) is 2.98. The average Bonchev–Trinajstić information content (AvgIpc) is 2.34. The van der Waals surface area contributed by atoms with E-state index in [4.69, 9.17) is 5.11 Å². The smallest absolute Gasteiger partial charge is 0.307 e. The molecule has 18 heavy (non-hydrogen) atoms. The van der Waals surface area contributed by atoms with Crippen molar-refractivity contribution in [2.45, 2.75) is 19.4 Å². The molecule has 0 saturated carbocycles. The van der Waals surface area contributed by atoms with Crippen molar-refractivity contribution in [1.82, 2.24) is 4.90 Å². The molecule has 2 N–H and O–H groups in total. The highest BCUT2D eigenvalue weighted by atomic mass is 19.1. The molecule has 0 bridgehead atoms. The van der Waals surface area contributed by atoms with E-state index in [1.165, 1.54) is 18.2 Å². The molecule has 1 atom stereocenters. The maximum Gasteiger partial charge on any atom is 0.307 e. The Balaban J connectivity index is 2.04. The number of carboxylic acids is 1. The molecule has 0 radical (unpaired) electrons. The highest BCUT2D eigenvalue weighted by Crippen LogP contribution is 2.23. The van der Waals surface area contributed by atoms with Crippen LogP contribution in [0.2, 0.25) is 0 Å². The molecular formula is C13H16FNO3. The number of benzene rings is 1. The summed E-state index contributed by atoms with van der Waals surface area (Å²) in [4.78, 5) is 12.9. The van der Waals surface area contributed by atoms with Crippen LogP contribution < -0.4 is 0 Å². The summed E-state index contributed by atoms with van der Waals surface area (Å²) >= 11 is 0. The average molecular weight is 253 g/mol. The Kier molecular flexibility index (Phi) is 3.81. The van der Waals surface area contributed by atoms with Crippen LogP contribution in [0, 0.1) is 11.7 Å². The molecule has 0 spiro atoms. The lowest BCUT2D eigenvalue weighted by Crippen LogP contribution is -2.38. The number of hydrogen-bond donors (Lipinski definition) is 2. The Hall–Kier alpha value is -1.62. The van der Waals surface area contributed by atoms with E-state index in [1.807, 2.05) is 4.90 Å². The number of carbonyl (C=O) groups is 1. The van der Waals surface area contributed by atoms with Crippen molar-refractivity contribution in [1.29, 1.82) is 0 Å². The molecule has 5 heteroatoms. The Morgan fingerprint density at radius 1 is 1.50 bits per heavy atom. The first-order chi connectivity index (χ1) is 8.56. The van der Waals surface area contributed by atoms with Gasteiger partial charge in [0, 0.05) is 18.7 Å². The largest absolute Gasteiger partial charge is 0.508 e. The summed E-state index contributed by atoms with van der Waals surface area (Å²) in [6.45, 7) is 1.61. The van der Waals surface area contributed by atoms with Crippen molar-refractivity contribution in [2.24, 2.45) is 5.92 Å². The standard InChI is InChI=1S/C13H16FNO3/c14-11-3-4-12(16)10(6-11)8-15-5-1-2-9(7-15)13(17)18/h3-4,6,9,16H,1-2,5,7-8H2,(H,17,18). The Bertz CT molecular complexity index is 450. The second-order valence-corrected chi connectivity index (χ2v) is 4.69. The van der Waals surface area contributed by atoms with Gasteiger partial charge in [-0.15, -0.1) is 0 Å². The van der Waals surface area contributed by atoms with Gasteiger partial charge in [-0.05, 0) is 37.6 Å². The minimum atomic E-state index is -0.789. The fourth-order valence-electron chi connectivity index (χ4n) is 2.32. The van der Waals surface area contributed by atoms with E-state index in [1.54, 1.807) is 0 Å². The van der Waals surface area contributed by atoms with Crippen LogP contribution in [-0.2, 0) is 11.3 Å². The molecule has 0 amide bonds. The van der Waals surface area contributed by atoms with Gasteiger partial charge in [-0.3, -0.25) is 9.69 Å². The minimum Gasteiger partial charge on any atom is -0.508 e. The number of aliphatic carboxylic acids is 1. The van der Waals surface area contributed by atoms with Gasteiger partial charge in [0.1, 0.15) is 11.6 Å². The fraction of sp³-hybridized carbons (Fsp3) is 0.462. The van der Waals surface area contributed by atoms with Gasteiger partial charge in [0.15, 0.2) is 0 Å². The normalized spacial score (nSPS) is 20.8. The van der Waals surface area contributed by atoms with E-state index < -0.39 is 11.8 Å². The number of phenols is 1. The summed E-state index contributed by atoms with van der Waals surface area (Å²) in [7, 11) is 0. The molecule has 98 valence electrons. The number of piperidine rings is 1. The second-order valence-electron chi connectivity index (χ2n) is 4.69. The molecule has 2 rings (SSSR count). The number of likely N-dealkylation sites (tertiary alicyclic amines) is 1. The molecule has 1 fully saturated rings. The number of hydrogen-bond acceptors (Lipinski definition) is 3. The van der Waals surface area contributed by atoms with Crippen molar-refractivity contribution in [3.8, 4) is 5.75 Å². The van der Waals surface area contributed by atoms with Gasteiger partial charge in [0.2, 0.25) is 0 Å². The maximum atomic E-state index is 13.1. The molecule has 1 aliphatic rings. The van der Waals surface area contributed by atoms with Crippen molar-refractivity contribution in [2.75, 3.05) is 13.1 Å². The summed E-state index contributed by atoms with van der Waals surface area (Å²) in [6.07, 6.45) is 1.49. The van der Waals surface area contributed by atoms with Gasteiger partial charge in [-0.25, -0.2) is 4.39 Å². The lowest BCUT2D eigenvalue weighted by Gasteiger charge is -2.30. The summed E-state index contributed by atoms with van der Waals surface area (Å²) in [5.74, 6) is -1.50. The van der Waals surface area contributed by atoms with E-state index in [0.717, 1.165) is 13.0 Å². The van der Waals surface area contributed by atoms with Gasteiger partial charge < -0.3 is 10.2 Å². The third-order valence-corrected chi connectivity index (χ3v) is 3.29. The first-order valence-corrected chi connectivity index (χ1v) is 5.99. The van der Waals surface area contributed by atoms with Crippen LogP contribution in [-0.4, -0.2) is 34.2 Å². The van der Waals surface area contributed by atoms with Gasteiger partial charge in [-0.1, -0.05) is 0 Å². The van der Waals surface area contributed by atoms with E-state index in [0.29, 0.717) is 25.1 Å². The Labute approximate surface area is 105 Å². The summed E-state index contributed by atoms with van der Waals surface area (Å²) in [6, 6.07) is 3.82. The monoisotopic (exact) mass is 253 g/mol. The van der Waals surface area contributed by atoms with Gasteiger partial charge >= 0.3 is 5.97 Å². The van der Waals surface area contributed by atoms with Gasteiger partial charge in [0.25, 0.3) is 0 Å². The summed E-state index contributed by atoms with van der Waals surface area (Å²) < 4.78 is 13.1. The lowest BCUT2D eigenvalue weighted by molar-refractivity contribution is -0.143. The Morgan fingerprint density at radius 3 is 3.00 bits per heavy atom. The minimum absolute atomic E-state index is 0.0499. The van der Waals surface area contributed by atoms with Crippen molar-refractivity contribution < 1.29 is 19.4 Å². The summed E-state index contributed by atoms with van der Waals surface area (Å²) in [5.41, 5.74) is 0.501. The van der Waals surface area contributed by atoms with Crippen LogP contribution in [0.4, 0.5) is 4.39 Å². The second kappa shape index (κ2) is 5.35. The number of rotatable bonds is 3. The van der Waals surface area contributed by atoms with Crippen molar-refractivity contribution in [3.63, 3.8) is 0 Å². The first kappa shape index (κ1) is 12.8. The van der Waals surface area contributed by atoms with E-state index >= 15 is 0 Å². The topological polar surface area (TPSA) is 60.8 Å². The van der Waals surface area contributed by atoms with Gasteiger partial charge in [0.05, 0.1) is 5.92 Å². The van der Waals surface area contributed by atoms with Crippen LogP contribution in [0.1, 0.15) is 18.4 Å². The number of phenolic OH excluding ortho intramolecular Hbond substituents is 1. The Morgan fingerprint density at radius 2 is 2.28 bits per heavy atom. The van der Waals surface area contributed by atoms with Crippen molar-refractivity contribution in [3.05, 3.63) is 29.6 Å². The zero-order valence-electron chi connectivity index (χ0n) is 9.97. The lowest BCUT2D eigenvalue weighted by atomic mass is 9.98. The zero-order valence-corrected chi connectivity index (χ0v) is 9.97. The molecule has 0 aromatic heterocycles. The SMILES string of the molecule is O=C(O)C1CCCN(Cc2cc(F)ccc2O)C1. The molecular weight excluding hydrogens is 237 g/mol. The van der Waals surface area contributed by atoms with Crippen LogP contribution in [0.25, 0.3) is 0 Å². The first-order valence-electron chi connectivity index (χ1n) is 5.99. The fourth-order valence-corrected chi connectivity index (χ4v) is 2.32. The molecule has 1 unspecified atom stereocenters. The highest BCUT2D eigenvalue weighted by Gasteiger charge is 2.25. The number of aromatic hydroxyl groups is 1. The van der Waals surface area contributed by atoms with Gasteiger partial charge in [-0.2, -0.15) is 0 Å². The number of nitrogens with zero attached hydrogens (tertiary/aromatic N) is 1. The predicted octanol–water partition coefficient (Wildman–Crippen LogP) is 1.83.